The Balaban J connectivity index is 1.91. The topological polar surface area (TPSA) is 87.7 Å². The number of allylic oxidation sites excluding steroid dienone is 2. The lowest BCUT2D eigenvalue weighted by Crippen LogP contribution is -2.16. The number of ketones is 2. The summed E-state index contributed by atoms with van der Waals surface area (Å²) in [6.07, 6.45) is 1.15. The lowest BCUT2D eigenvalue weighted by Gasteiger charge is -2.15. The molecule has 0 spiro atoms. The van der Waals surface area contributed by atoms with E-state index >= 15 is 0 Å². The van der Waals surface area contributed by atoms with Gasteiger partial charge in [-0.3, -0.25) is 9.59 Å². The Labute approximate surface area is 130 Å². The minimum absolute atomic E-state index is 0.0366. The molecule has 0 amide bonds. The maximum Gasteiger partial charge on any atom is 0.197 e. The average Bonchev–Trinajstić information content (AvgIpc) is 2.93. The molecular formula is C18H10O5. The van der Waals surface area contributed by atoms with Gasteiger partial charge < -0.3 is 14.6 Å². The quantitative estimate of drug-likeness (QED) is 0.720. The Kier molecular flexibility index (Phi) is 2.65. The molecule has 0 bridgehead atoms. The number of aromatic hydroxyl groups is 2. The van der Waals surface area contributed by atoms with Gasteiger partial charge in [-0.2, -0.15) is 0 Å². The van der Waals surface area contributed by atoms with Gasteiger partial charge in [0.2, 0.25) is 0 Å². The van der Waals surface area contributed by atoms with Crippen molar-refractivity contribution in [1.82, 2.24) is 0 Å². The second-order valence-electron chi connectivity index (χ2n) is 5.29. The van der Waals surface area contributed by atoms with Crippen molar-refractivity contribution < 1.29 is 24.2 Å². The molecule has 23 heavy (non-hydrogen) atoms. The molecule has 3 aromatic rings. The highest BCUT2D eigenvalue weighted by molar-refractivity contribution is 6.39. The zero-order chi connectivity index (χ0) is 16.1. The van der Waals surface area contributed by atoms with Crippen molar-refractivity contribution in [3.8, 4) is 11.5 Å². The highest BCUT2D eigenvalue weighted by Gasteiger charge is 2.31. The van der Waals surface area contributed by atoms with E-state index in [0.717, 1.165) is 17.5 Å². The van der Waals surface area contributed by atoms with Gasteiger partial charge in [-0.1, -0.05) is 18.2 Å². The Hall–Kier alpha value is -3.34. The maximum absolute atomic E-state index is 12.6. The van der Waals surface area contributed by atoms with Crippen molar-refractivity contribution in [3.05, 3.63) is 65.4 Å². The summed E-state index contributed by atoms with van der Waals surface area (Å²) in [5.74, 6) is -1.41. The first-order valence-electron chi connectivity index (χ1n) is 6.90. The zero-order valence-corrected chi connectivity index (χ0v) is 11.7. The van der Waals surface area contributed by atoms with Gasteiger partial charge >= 0.3 is 0 Å². The van der Waals surface area contributed by atoms with Gasteiger partial charge in [-0.15, -0.1) is 0 Å². The number of phenolic OH excluding ortho intramolecular Hbond substituents is 2. The SMILES string of the molecule is O=C1C(c2cc3ccccc3o2)=CC(=O)c2c(O)cc(O)cc21. The largest absolute Gasteiger partial charge is 0.508 e. The molecule has 0 aliphatic heterocycles. The molecule has 2 N–H and O–H groups in total. The third-order valence-electron chi connectivity index (χ3n) is 3.80. The zero-order valence-electron chi connectivity index (χ0n) is 11.7. The van der Waals surface area contributed by atoms with Crippen LogP contribution in [0.2, 0.25) is 0 Å². The van der Waals surface area contributed by atoms with Gasteiger partial charge in [-0.25, -0.2) is 0 Å². The number of carbonyl (C=O) groups excluding carboxylic acids is 2. The van der Waals surface area contributed by atoms with Gasteiger partial charge in [0.25, 0.3) is 0 Å². The fourth-order valence-electron chi connectivity index (χ4n) is 2.76. The molecule has 1 aliphatic carbocycles. The predicted molar refractivity (Wildman–Crippen MR) is 82.6 cm³/mol. The van der Waals surface area contributed by atoms with Crippen molar-refractivity contribution in [1.29, 1.82) is 0 Å². The van der Waals surface area contributed by atoms with Crippen LogP contribution in [0.1, 0.15) is 26.5 Å². The lowest BCUT2D eigenvalue weighted by atomic mass is 9.87. The Morgan fingerprint density at radius 2 is 1.74 bits per heavy atom. The van der Waals surface area contributed by atoms with E-state index in [1.54, 1.807) is 12.1 Å². The Bertz CT molecular complexity index is 990. The fourth-order valence-corrected chi connectivity index (χ4v) is 2.76. The number of fused-ring (bicyclic) bond motifs is 2. The first kappa shape index (κ1) is 13.3. The molecular weight excluding hydrogens is 296 g/mol. The highest BCUT2D eigenvalue weighted by Crippen LogP contribution is 2.36. The smallest absolute Gasteiger partial charge is 0.197 e. The molecule has 0 unspecified atom stereocenters. The van der Waals surface area contributed by atoms with Gasteiger partial charge in [0.05, 0.1) is 11.1 Å². The Morgan fingerprint density at radius 3 is 2.52 bits per heavy atom. The van der Waals surface area contributed by atoms with Crippen molar-refractivity contribution in [3.63, 3.8) is 0 Å². The van der Waals surface area contributed by atoms with Gasteiger partial charge in [-0.05, 0) is 18.2 Å². The van der Waals surface area contributed by atoms with Crippen LogP contribution < -0.4 is 0 Å². The second-order valence-corrected chi connectivity index (χ2v) is 5.29. The molecule has 2 aromatic carbocycles. The van der Waals surface area contributed by atoms with Crippen LogP contribution in [-0.4, -0.2) is 21.8 Å². The summed E-state index contributed by atoms with van der Waals surface area (Å²) >= 11 is 0. The number of furan rings is 1. The van der Waals surface area contributed by atoms with Crippen LogP contribution in [-0.2, 0) is 0 Å². The summed E-state index contributed by atoms with van der Waals surface area (Å²) in [4.78, 5) is 24.9. The normalized spacial score (nSPS) is 14.0. The van der Waals surface area contributed by atoms with Crippen LogP contribution >= 0.6 is 0 Å². The number of hydrogen-bond donors (Lipinski definition) is 2. The fraction of sp³-hybridized carbons (Fsp3) is 0. The van der Waals surface area contributed by atoms with Crippen LogP contribution in [0.5, 0.6) is 11.5 Å². The molecule has 1 heterocycles. The predicted octanol–water partition coefficient (Wildman–Crippen LogP) is 3.31. The Morgan fingerprint density at radius 1 is 0.957 bits per heavy atom. The summed E-state index contributed by atoms with van der Waals surface area (Å²) in [6.45, 7) is 0. The molecule has 0 saturated heterocycles. The number of Topliss-reactive ketones (excluding diaryl/α,β-unsaturated/α-hetero) is 1. The summed E-state index contributed by atoms with van der Waals surface area (Å²) < 4.78 is 5.64. The number of hydrogen-bond acceptors (Lipinski definition) is 5. The highest BCUT2D eigenvalue weighted by atomic mass is 16.3. The number of benzene rings is 2. The summed E-state index contributed by atoms with van der Waals surface area (Å²) in [5.41, 5.74) is 0.565. The van der Waals surface area contributed by atoms with Gasteiger partial charge in [0.1, 0.15) is 22.8 Å². The van der Waals surface area contributed by atoms with Gasteiger partial charge in [0.15, 0.2) is 11.6 Å². The van der Waals surface area contributed by atoms with Crippen molar-refractivity contribution in [2.24, 2.45) is 0 Å². The molecule has 0 saturated carbocycles. The number of rotatable bonds is 1. The van der Waals surface area contributed by atoms with Crippen LogP contribution in [0.3, 0.4) is 0 Å². The third kappa shape index (κ3) is 1.94. The monoisotopic (exact) mass is 306 g/mol. The number of phenols is 2. The van der Waals surface area contributed by atoms with E-state index in [2.05, 4.69) is 0 Å². The number of carbonyl (C=O) groups is 2. The van der Waals surface area contributed by atoms with Gasteiger partial charge in [0, 0.05) is 23.1 Å². The summed E-state index contributed by atoms with van der Waals surface area (Å²) in [7, 11) is 0. The van der Waals surface area contributed by atoms with E-state index in [0.29, 0.717) is 5.58 Å². The van der Waals surface area contributed by atoms with E-state index in [9.17, 15) is 19.8 Å². The van der Waals surface area contributed by atoms with Crippen LogP contribution in [0.4, 0.5) is 0 Å². The molecule has 5 heteroatoms. The van der Waals surface area contributed by atoms with Crippen LogP contribution in [0.25, 0.3) is 16.5 Å². The second kappa shape index (κ2) is 4.58. The molecule has 1 aliphatic rings. The molecule has 0 fully saturated rings. The summed E-state index contributed by atoms with van der Waals surface area (Å²) in [6, 6.07) is 11.1. The van der Waals surface area contributed by atoms with Crippen molar-refractivity contribution >= 4 is 28.1 Å². The van der Waals surface area contributed by atoms with E-state index in [1.807, 2.05) is 18.2 Å². The maximum atomic E-state index is 12.6. The molecule has 0 radical (unpaired) electrons. The molecule has 1 aromatic heterocycles. The first-order valence-corrected chi connectivity index (χ1v) is 6.90. The molecule has 4 rings (SSSR count). The van der Waals surface area contributed by atoms with Crippen molar-refractivity contribution in [2.45, 2.75) is 0 Å². The van der Waals surface area contributed by atoms with Crippen LogP contribution in [0, 0.1) is 0 Å². The molecule has 5 nitrogen and oxygen atoms in total. The minimum Gasteiger partial charge on any atom is -0.508 e. The standard InChI is InChI=1S/C18H10O5/c19-10-6-12-17(13(20)7-10)14(21)8-11(18(12)22)16-5-9-3-1-2-4-15(9)23-16/h1-8,19-20H. The van der Waals surface area contributed by atoms with Crippen LogP contribution in [0.15, 0.2) is 53.0 Å². The van der Waals surface area contributed by atoms with Crippen molar-refractivity contribution in [2.75, 3.05) is 0 Å². The molecule has 0 atom stereocenters. The average molecular weight is 306 g/mol. The first-order chi connectivity index (χ1) is 11.0. The number of para-hydroxylation sites is 1. The third-order valence-corrected chi connectivity index (χ3v) is 3.80. The van der Waals surface area contributed by atoms with E-state index < -0.39 is 17.3 Å². The lowest BCUT2D eigenvalue weighted by molar-refractivity contribution is 0.0997. The van der Waals surface area contributed by atoms with E-state index in [1.165, 1.54) is 6.07 Å². The van der Waals surface area contributed by atoms with E-state index in [4.69, 9.17) is 4.42 Å². The minimum atomic E-state index is -0.507. The van der Waals surface area contributed by atoms with E-state index in [-0.39, 0.29) is 28.2 Å². The molecule has 112 valence electrons. The summed E-state index contributed by atoms with van der Waals surface area (Å²) in [5, 5.41) is 20.2.